The molecule has 3 atom stereocenters. The average Bonchev–Trinajstić information content (AvgIpc) is 2.57. The molecule has 1 amide bonds. The summed E-state index contributed by atoms with van der Waals surface area (Å²) in [4.78, 5) is 20.9. The maximum atomic E-state index is 12.3. The Morgan fingerprint density at radius 1 is 1.26 bits per heavy atom. The molecule has 122 valence electrons. The fraction of sp³-hybridized carbons (Fsp3) is 0.500. The van der Waals surface area contributed by atoms with Crippen LogP contribution in [-0.2, 0) is 4.79 Å². The molecule has 1 saturated carbocycles. The maximum absolute atomic E-state index is 12.3. The first-order valence-corrected chi connectivity index (χ1v) is 9.25. The summed E-state index contributed by atoms with van der Waals surface area (Å²) in [6.45, 7) is 4.53. The van der Waals surface area contributed by atoms with E-state index < -0.39 is 0 Å². The Morgan fingerprint density at radius 3 is 2.96 bits per heavy atom. The third-order valence-corrected chi connectivity index (χ3v) is 5.90. The van der Waals surface area contributed by atoms with Crippen molar-refractivity contribution in [2.24, 2.45) is 11.8 Å². The molecule has 4 nitrogen and oxygen atoms in total. The van der Waals surface area contributed by atoms with E-state index in [2.05, 4.69) is 29.1 Å². The smallest absolute Gasteiger partial charge is 0.230 e. The molecule has 0 saturated heterocycles. The molecule has 1 aromatic carbocycles. The predicted octanol–water partition coefficient (Wildman–Crippen LogP) is 3.66. The van der Waals surface area contributed by atoms with Gasteiger partial charge in [-0.05, 0) is 24.3 Å². The number of thioether (sulfide) groups is 1. The standard InChI is InChI=1S/C18H23N3OS/c1-12-6-5-9-15(13(12)2)21-17(22)10-23-18-14-7-3-4-8-16(14)19-11-20-18/h3-4,7-8,11-13,15H,5-6,9-10H2,1-2H3,(H,21,22)/t12-,13+,15-/m1/s1. The van der Waals surface area contributed by atoms with Crippen LogP contribution in [0.15, 0.2) is 35.6 Å². The van der Waals surface area contributed by atoms with E-state index in [1.807, 2.05) is 24.3 Å². The lowest BCUT2D eigenvalue weighted by atomic mass is 9.78. The largest absolute Gasteiger partial charge is 0.352 e. The summed E-state index contributed by atoms with van der Waals surface area (Å²) in [5, 5.41) is 5.09. The maximum Gasteiger partial charge on any atom is 0.230 e. The molecule has 1 aromatic heterocycles. The quantitative estimate of drug-likeness (QED) is 0.687. The van der Waals surface area contributed by atoms with Gasteiger partial charge in [0.05, 0.1) is 11.3 Å². The molecule has 23 heavy (non-hydrogen) atoms. The summed E-state index contributed by atoms with van der Waals surface area (Å²) >= 11 is 1.49. The SMILES string of the molecule is C[C@H]1[C@H](C)CCC[C@H]1NC(=O)CSc1ncnc2ccccc12. The molecule has 1 aliphatic rings. The van der Waals surface area contributed by atoms with Gasteiger partial charge >= 0.3 is 0 Å². The van der Waals surface area contributed by atoms with Crippen molar-refractivity contribution < 1.29 is 4.79 Å². The van der Waals surface area contributed by atoms with Crippen molar-refractivity contribution >= 4 is 28.6 Å². The fourth-order valence-corrected chi connectivity index (χ4v) is 4.06. The van der Waals surface area contributed by atoms with Crippen LogP contribution in [0.25, 0.3) is 10.9 Å². The molecule has 1 aliphatic carbocycles. The first-order valence-electron chi connectivity index (χ1n) is 8.27. The van der Waals surface area contributed by atoms with Crippen molar-refractivity contribution in [3.8, 4) is 0 Å². The minimum atomic E-state index is 0.101. The molecule has 1 N–H and O–H groups in total. The molecule has 0 bridgehead atoms. The molecule has 0 radical (unpaired) electrons. The van der Waals surface area contributed by atoms with E-state index in [0.29, 0.717) is 23.6 Å². The zero-order valence-corrected chi connectivity index (χ0v) is 14.5. The highest BCUT2D eigenvalue weighted by Gasteiger charge is 2.28. The van der Waals surface area contributed by atoms with Crippen molar-refractivity contribution in [3.05, 3.63) is 30.6 Å². The normalized spacial score (nSPS) is 24.5. The summed E-state index contributed by atoms with van der Waals surface area (Å²) in [6.07, 6.45) is 5.14. The van der Waals surface area contributed by atoms with Crippen molar-refractivity contribution in [2.45, 2.75) is 44.2 Å². The Morgan fingerprint density at radius 2 is 2.09 bits per heavy atom. The topological polar surface area (TPSA) is 54.9 Å². The number of nitrogens with one attached hydrogen (secondary N) is 1. The minimum absolute atomic E-state index is 0.101. The van der Waals surface area contributed by atoms with Crippen molar-refractivity contribution in [3.63, 3.8) is 0 Å². The van der Waals surface area contributed by atoms with Crippen LogP contribution >= 0.6 is 11.8 Å². The van der Waals surface area contributed by atoms with E-state index in [0.717, 1.165) is 22.3 Å². The van der Waals surface area contributed by atoms with Gasteiger partial charge in [-0.25, -0.2) is 9.97 Å². The van der Waals surface area contributed by atoms with Crippen LogP contribution in [-0.4, -0.2) is 27.7 Å². The molecule has 2 aromatic rings. The summed E-state index contributed by atoms with van der Waals surface area (Å²) in [7, 11) is 0. The molecular formula is C18H23N3OS. The number of para-hydroxylation sites is 1. The Hall–Kier alpha value is -1.62. The summed E-state index contributed by atoms with van der Waals surface area (Å²) in [6, 6.07) is 8.21. The van der Waals surface area contributed by atoms with Gasteiger partial charge in [0.2, 0.25) is 5.91 Å². The number of nitrogens with zero attached hydrogens (tertiary/aromatic N) is 2. The molecule has 0 spiro atoms. The van der Waals surface area contributed by atoms with Crippen LogP contribution in [0.5, 0.6) is 0 Å². The van der Waals surface area contributed by atoms with Crippen LogP contribution in [0.4, 0.5) is 0 Å². The first kappa shape index (κ1) is 16.2. The molecule has 1 heterocycles. The van der Waals surface area contributed by atoms with Crippen molar-refractivity contribution in [1.29, 1.82) is 0 Å². The second-order valence-electron chi connectivity index (χ2n) is 6.43. The van der Waals surface area contributed by atoms with Crippen LogP contribution in [0.3, 0.4) is 0 Å². The van der Waals surface area contributed by atoms with E-state index in [1.165, 1.54) is 24.6 Å². The highest BCUT2D eigenvalue weighted by atomic mass is 32.2. The van der Waals surface area contributed by atoms with E-state index >= 15 is 0 Å². The summed E-state index contributed by atoms with van der Waals surface area (Å²) < 4.78 is 0. The third kappa shape index (κ3) is 3.83. The van der Waals surface area contributed by atoms with Crippen LogP contribution in [0, 0.1) is 11.8 Å². The zero-order chi connectivity index (χ0) is 16.2. The first-order chi connectivity index (χ1) is 11.1. The second-order valence-corrected chi connectivity index (χ2v) is 7.39. The van der Waals surface area contributed by atoms with Crippen LogP contribution < -0.4 is 5.32 Å². The monoisotopic (exact) mass is 329 g/mol. The van der Waals surface area contributed by atoms with Crippen molar-refractivity contribution in [2.75, 3.05) is 5.75 Å². The Kier molecular flexibility index (Phi) is 5.16. The fourth-order valence-electron chi connectivity index (χ4n) is 3.26. The number of fused-ring (bicyclic) bond motifs is 1. The Balaban J connectivity index is 1.60. The third-order valence-electron chi connectivity index (χ3n) is 4.90. The minimum Gasteiger partial charge on any atom is -0.352 e. The number of aromatic nitrogens is 2. The molecule has 3 rings (SSSR count). The van der Waals surface area contributed by atoms with Crippen molar-refractivity contribution in [1.82, 2.24) is 15.3 Å². The van der Waals surface area contributed by atoms with E-state index in [1.54, 1.807) is 6.33 Å². The van der Waals surface area contributed by atoms with Gasteiger partial charge in [0.1, 0.15) is 11.4 Å². The number of hydrogen-bond acceptors (Lipinski definition) is 4. The van der Waals surface area contributed by atoms with Gasteiger partial charge in [-0.2, -0.15) is 0 Å². The lowest BCUT2D eigenvalue weighted by Crippen LogP contribution is -2.44. The van der Waals surface area contributed by atoms with Gasteiger partial charge in [0, 0.05) is 11.4 Å². The van der Waals surface area contributed by atoms with Gasteiger partial charge in [0.25, 0.3) is 0 Å². The number of hydrogen-bond donors (Lipinski definition) is 1. The van der Waals surface area contributed by atoms with Gasteiger partial charge in [-0.15, -0.1) is 0 Å². The van der Waals surface area contributed by atoms with Gasteiger partial charge in [0.15, 0.2) is 0 Å². The highest BCUT2D eigenvalue weighted by Crippen LogP contribution is 2.30. The molecular weight excluding hydrogens is 306 g/mol. The van der Waals surface area contributed by atoms with Gasteiger partial charge in [-0.3, -0.25) is 4.79 Å². The molecule has 0 unspecified atom stereocenters. The van der Waals surface area contributed by atoms with Gasteiger partial charge in [-0.1, -0.05) is 56.7 Å². The zero-order valence-electron chi connectivity index (χ0n) is 13.7. The number of carbonyl (C=O) groups is 1. The number of amides is 1. The summed E-state index contributed by atoms with van der Waals surface area (Å²) in [5.74, 6) is 1.74. The predicted molar refractivity (Wildman–Crippen MR) is 94.4 cm³/mol. The average molecular weight is 329 g/mol. The highest BCUT2D eigenvalue weighted by molar-refractivity contribution is 8.00. The van der Waals surface area contributed by atoms with E-state index in [4.69, 9.17) is 0 Å². The van der Waals surface area contributed by atoms with Gasteiger partial charge < -0.3 is 5.32 Å². The van der Waals surface area contributed by atoms with E-state index in [9.17, 15) is 4.79 Å². The Bertz CT molecular complexity index is 686. The molecule has 0 aliphatic heterocycles. The number of rotatable bonds is 4. The van der Waals surface area contributed by atoms with Crippen LogP contribution in [0.2, 0.25) is 0 Å². The second kappa shape index (κ2) is 7.30. The molecule has 5 heteroatoms. The number of carbonyl (C=O) groups excluding carboxylic acids is 1. The summed E-state index contributed by atoms with van der Waals surface area (Å²) in [5.41, 5.74) is 0.917. The van der Waals surface area contributed by atoms with E-state index in [-0.39, 0.29) is 5.91 Å². The lowest BCUT2D eigenvalue weighted by Gasteiger charge is -2.34. The van der Waals surface area contributed by atoms with Crippen LogP contribution in [0.1, 0.15) is 33.1 Å². The molecule has 1 fully saturated rings. The number of benzene rings is 1. The lowest BCUT2D eigenvalue weighted by molar-refractivity contribution is -0.119. The Labute approximate surface area is 141 Å².